The van der Waals surface area contributed by atoms with Crippen molar-refractivity contribution < 1.29 is 6.16 Å². The average Bonchev–Trinajstić information content (AvgIpc) is 2.63. The Hall–Kier alpha value is -2.95. The van der Waals surface area contributed by atoms with E-state index in [9.17, 15) is 0 Å². The summed E-state index contributed by atoms with van der Waals surface area (Å²) in [6.07, 6.45) is 6.85. The zero-order valence-corrected chi connectivity index (χ0v) is 13.1. The number of pyridine rings is 1. The monoisotopic (exact) mass is 308 g/mol. The fourth-order valence-electron chi connectivity index (χ4n) is 2.29. The molecule has 0 saturated heterocycles. The summed E-state index contributed by atoms with van der Waals surface area (Å²) in [5.41, 5.74) is 2.82. The summed E-state index contributed by atoms with van der Waals surface area (Å²) >= 11 is 0. The van der Waals surface area contributed by atoms with E-state index in [1.54, 1.807) is 31.9 Å². The highest BCUT2D eigenvalue weighted by atomic mass is 16.5. The molecule has 0 unspecified atom stereocenters. The molecule has 0 aliphatic rings. The largest absolute Gasteiger partial charge is 0.495 e. The van der Waals surface area contributed by atoms with Crippen LogP contribution in [0.3, 0.4) is 0 Å². The molecule has 118 valence electrons. The molecule has 0 aliphatic heterocycles. The van der Waals surface area contributed by atoms with Gasteiger partial charge in [0, 0.05) is 19.2 Å². The number of rotatable bonds is 5. The van der Waals surface area contributed by atoms with Crippen LogP contribution in [0.2, 0.25) is 0 Å². The topological polar surface area (TPSA) is 59.9 Å². The van der Waals surface area contributed by atoms with Gasteiger partial charge in [0.05, 0.1) is 31.4 Å². The third-order valence-electron chi connectivity index (χ3n) is 3.54. The summed E-state index contributed by atoms with van der Waals surface area (Å²) in [6.45, 7) is 2.09. The number of anilines is 1. The molecule has 0 amide bonds. The normalized spacial score (nSPS) is 11.7. The highest BCUT2D eigenvalue weighted by Crippen LogP contribution is 2.22. The van der Waals surface area contributed by atoms with Gasteiger partial charge in [-0.3, -0.25) is 9.97 Å². The Bertz CT molecular complexity index is 783. The Morgan fingerprint density at radius 2 is 1.83 bits per heavy atom. The van der Waals surface area contributed by atoms with Crippen molar-refractivity contribution in [3.05, 3.63) is 66.7 Å². The molecule has 0 spiro atoms. The summed E-state index contributed by atoms with van der Waals surface area (Å²) in [6, 6.07) is 12.3. The number of aromatic nitrogens is 3. The fraction of sp³-hybridized carbons (Fsp3) is 0.167. The molecule has 23 heavy (non-hydrogen) atoms. The van der Waals surface area contributed by atoms with E-state index in [0.29, 0.717) is 5.75 Å². The molecular weight excluding hydrogens is 288 g/mol. The maximum atomic E-state index is 5.20. The molecule has 1 atom stereocenters. The first-order valence-electron chi connectivity index (χ1n) is 7.39. The molecular formula is C18H20N4O. The minimum atomic E-state index is 0. The molecule has 0 radical (unpaired) electrons. The lowest BCUT2D eigenvalue weighted by Crippen LogP contribution is -2.08. The first kappa shape index (κ1) is 15.0. The standard InChI is InChI=1S/C18H18N4O.H2/c1-13(14-6-4-3-5-7-14)21-18-12-20-11-17(22-18)15-8-16(23-2)10-19-9-15;/h3-13H,1-2H3,(H,21,22);1H/t13-;/m0./s1. The van der Waals surface area contributed by atoms with Gasteiger partial charge in [-0.25, -0.2) is 4.98 Å². The van der Waals surface area contributed by atoms with Crippen molar-refractivity contribution in [3.63, 3.8) is 0 Å². The number of nitrogens with one attached hydrogen (secondary N) is 1. The summed E-state index contributed by atoms with van der Waals surface area (Å²) in [7, 11) is 1.62. The van der Waals surface area contributed by atoms with Gasteiger partial charge in [0.2, 0.25) is 0 Å². The summed E-state index contributed by atoms with van der Waals surface area (Å²) in [4.78, 5) is 13.0. The summed E-state index contributed by atoms with van der Waals surface area (Å²) in [5.74, 6) is 1.42. The van der Waals surface area contributed by atoms with E-state index >= 15 is 0 Å². The lowest BCUT2D eigenvalue weighted by Gasteiger charge is -2.15. The number of hydrogen-bond donors (Lipinski definition) is 1. The van der Waals surface area contributed by atoms with Crippen molar-refractivity contribution in [2.24, 2.45) is 0 Å². The van der Waals surface area contributed by atoms with Gasteiger partial charge in [-0.15, -0.1) is 0 Å². The number of methoxy groups -OCH3 is 1. The molecule has 2 heterocycles. The maximum absolute atomic E-state index is 5.20. The molecule has 0 aliphatic carbocycles. The van der Waals surface area contributed by atoms with Gasteiger partial charge in [0.1, 0.15) is 11.6 Å². The SMILES string of the molecule is COc1cncc(-c2cncc(N[C@@H](C)c3ccccc3)n2)c1.[HH]. The van der Waals surface area contributed by atoms with Gasteiger partial charge in [0.15, 0.2) is 0 Å². The minimum absolute atomic E-state index is 0. The second-order valence-corrected chi connectivity index (χ2v) is 5.18. The molecule has 5 nitrogen and oxygen atoms in total. The lowest BCUT2D eigenvalue weighted by atomic mass is 10.1. The molecule has 3 rings (SSSR count). The molecule has 0 fully saturated rings. The quantitative estimate of drug-likeness (QED) is 0.773. The van der Waals surface area contributed by atoms with Gasteiger partial charge in [-0.1, -0.05) is 30.3 Å². The van der Waals surface area contributed by atoms with Crippen LogP contribution in [-0.4, -0.2) is 22.1 Å². The van der Waals surface area contributed by atoms with E-state index in [2.05, 4.69) is 39.3 Å². The highest BCUT2D eigenvalue weighted by Gasteiger charge is 2.08. The Labute approximate surface area is 136 Å². The zero-order chi connectivity index (χ0) is 16.1. The summed E-state index contributed by atoms with van der Waals surface area (Å²) in [5, 5.41) is 3.37. The number of ether oxygens (including phenoxy) is 1. The van der Waals surface area contributed by atoms with Crippen LogP contribution in [-0.2, 0) is 0 Å². The second kappa shape index (κ2) is 6.87. The average molecular weight is 308 g/mol. The van der Waals surface area contributed by atoms with E-state index < -0.39 is 0 Å². The first-order chi connectivity index (χ1) is 11.3. The van der Waals surface area contributed by atoms with E-state index in [1.807, 2.05) is 24.3 Å². The predicted octanol–water partition coefficient (Wildman–Crippen LogP) is 3.97. The van der Waals surface area contributed by atoms with E-state index in [-0.39, 0.29) is 7.47 Å². The minimum Gasteiger partial charge on any atom is -0.495 e. The van der Waals surface area contributed by atoms with E-state index in [0.717, 1.165) is 17.1 Å². The van der Waals surface area contributed by atoms with E-state index in [4.69, 9.17) is 4.74 Å². The van der Waals surface area contributed by atoms with E-state index in [1.165, 1.54) is 5.56 Å². The Morgan fingerprint density at radius 1 is 1.04 bits per heavy atom. The van der Waals surface area contributed by atoms with Crippen LogP contribution in [0.15, 0.2) is 61.2 Å². The van der Waals surface area contributed by atoms with Crippen molar-refractivity contribution in [1.29, 1.82) is 0 Å². The van der Waals surface area contributed by atoms with Crippen LogP contribution in [0, 0.1) is 0 Å². The van der Waals surface area contributed by atoms with Crippen LogP contribution in [0.25, 0.3) is 11.3 Å². The van der Waals surface area contributed by atoms with Gasteiger partial charge in [-0.2, -0.15) is 0 Å². The first-order valence-corrected chi connectivity index (χ1v) is 7.39. The molecule has 0 bridgehead atoms. The van der Waals surface area contributed by atoms with Crippen LogP contribution < -0.4 is 10.1 Å². The van der Waals surface area contributed by atoms with Gasteiger partial charge >= 0.3 is 0 Å². The van der Waals surface area contributed by atoms with Crippen LogP contribution in [0.5, 0.6) is 5.75 Å². The van der Waals surface area contributed by atoms with Crippen LogP contribution in [0.1, 0.15) is 20.0 Å². The fourth-order valence-corrected chi connectivity index (χ4v) is 2.29. The van der Waals surface area contributed by atoms with Crippen molar-refractivity contribution in [2.45, 2.75) is 13.0 Å². The molecule has 5 heteroatoms. The Kier molecular flexibility index (Phi) is 4.47. The zero-order valence-electron chi connectivity index (χ0n) is 13.1. The number of nitrogens with zero attached hydrogens (tertiary/aromatic N) is 3. The molecule has 3 aromatic rings. The van der Waals surface area contributed by atoms with Crippen LogP contribution >= 0.6 is 0 Å². The molecule has 2 aromatic heterocycles. The second-order valence-electron chi connectivity index (χ2n) is 5.18. The molecule has 1 N–H and O–H groups in total. The maximum Gasteiger partial charge on any atom is 0.145 e. The van der Waals surface area contributed by atoms with Gasteiger partial charge in [-0.05, 0) is 18.6 Å². The third kappa shape index (κ3) is 3.63. The number of benzene rings is 1. The predicted molar refractivity (Wildman–Crippen MR) is 92.4 cm³/mol. The highest BCUT2D eigenvalue weighted by molar-refractivity contribution is 5.60. The molecule has 1 aromatic carbocycles. The van der Waals surface area contributed by atoms with Crippen molar-refractivity contribution in [1.82, 2.24) is 15.0 Å². The Balaban J connectivity index is 0.00000208. The summed E-state index contributed by atoms with van der Waals surface area (Å²) < 4.78 is 5.20. The smallest absolute Gasteiger partial charge is 0.145 e. The number of hydrogen-bond acceptors (Lipinski definition) is 5. The van der Waals surface area contributed by atoms with Crippen molar-refractivity contribution >= 4 is 5.82 Å². The van der Waals surface area contributed by atoms with Crippen LogP contribution in [0.4, 0.5) is 5.82 Å². The van der Waals surface area contributed by atoms with Gasteiger partial charge < -0.3 is 10.1 Å². The van der Waals surface area contributed by atoms with Crippen molar-refractivity contribution in [3.8, 4) is 17.0 Å². The Morgan fingerprint density at radius 3 is 2.61 bits per heavy atom. The third-order valence-corrected chi connectivity index (χ3v) is 3.54. The van der Waals surface area contributed by atoms with Crippen molar-refractivity contribution in [2.75, 3.05) is 12.4 Å². The molecule has 0 saturated carbocycles. The van der Waals surface area contributed by atoms with Gasteiger partial charge in [0.25, 0.3) is 0 Å². The lowest BCUT2D eigenvalue weighted by molar-refractivity contribution is 0.413.